The smallest absolute Gasteiger partial charge is 0.114 e. The summed E-state index contributed by atoms with van der Waals surface area (Å²) < 4.78 is 5.84. The first-order valence-electron chi connectivity index (χ1n) is 7.37. The van der Waals surface area contributed by atoms with Gasteiger partial charge in [0.15, 0.2) is 0 Å². The van der Waals surface area contributed by atoms with Gasteiger partial charge in [-0.15, -0.1) is 0 Å². The van der Waals surface area contributed by atoms with Crippen LogP contribution in [0.25, 0.3) is 6.08 Å². The molecule has 0 spiro atoms. The van der Waals surface area contributed by atoms with Gasteiger partial charge in [-0.25, -0.2) is 0 Å². The van der Waals surface area contributed by atoms with Crippen molar-refractivity contribution in [1.29, 1.82) is 0 Å². The van der Waals surface area contributed by atoms with E-state index in [2.05, 4.69) is 82.3 Å². The zero-order valence-electron chi connectivity index (χ0n) is 13.6. The summed E-state index contributed by atoms with van der Waals surface area (Å²) in [6, 6.07) is 10.6. The monoisotopic (exact) mass is 283 g/mol. The average Bonchev–Trinajstić information content (AvgIpc) is 2.44. The maximum absolute atomic E-state index is 5.84. The highest BCUT2D eigenvalue weighted by molar-refractivity contribution is 5.55. The van der Waals surface area contributed by atoms with E-state index in [9.17, 15) is 0 Å². The fourth-order valence-corrected chi connectivity index (χ4v) is 2.47. The summed E-state index contributed by atoms with van der Waals surface area (Å²) in [7, 11) is 4.19. The molecule has 0 fully saturated rings. The lowest BCUT2D eigenvalue weighted by Gasteiger charge is -2.33. The molecule has 0 radical (unpaired) electrons. The van der Waals surface area contributed by atoms with E-state index in [1.165, 1.54) is 11.1 Å². The van der Waals surface area contributed by atoms with Gasteiger partial charge in [-0.3, -0.25) is 4.90 Å². The molecule has 0 amide bonds. The predicted molar refractivity (Wildman–Crippen MR) is 89.7 cm³/mol. The third-order valence-electron chi connectivity index (χ3n) is 3.52. The Hall–Kier alpha value is -1.80. The van der Waals surface area contributed by atoms with Gasteiger partial charge in [-0.1, -0.05) is 63.3 Å². The maximum atomic E-state index is 5.84. The van der Waals surface area contributed by atoms with Crippen molar-refractivity contribution in [3.63, 3.8) is 0 Å². The van der Waals surface area contributed by atoms with Crippen molar-refractivity contribution in [3.05, 3.63) is 65.6 Å². The van der Waals surface area contributed by atoms with Crippen LogP contribution in [0, 0.1) is 5.41 Å². The molecule has 0 bridgehead atoms. The summed E-state index contributed by atoms with van der Waals surface area (Å²) in [4.78, 5) is 2.20. The molecule has 1 unspecified atom stereocenters. The van der Waals surface area contributed by atoms with Crippen molar-refractivity contribution in [1.82, 2.24) is 4.90 Å². The quantitative estimate of drug-likeness (QED) is 0.811. The Labute approximate surface area is 128 Å². The first-order chi connectivity index (χ1) is 9.89. The normalized spacial score (nSPS) is 19.4. The van der Waals surface area contributed by atoms with Gasteiger partial charge < -0.3 is 4.74 Å². The van der Waals surface area contributed by atoms with Crippen molar-refractivity contribution in [2.75, 3.05) is 14.1 Å². The zero-order chi connectivity index (χ0) is 15.5. The predicted octanol–water partition coefficient (Wildman–Crippen LogP) is 4.47. The molecular weight excluding hydrogens is 258 g/mol. The van der Waals surface area contributed by atoms with Crippen molar-refractivity contribution < 1.29 is 4.74 Å². The second-order valence-corrected chi connectivity index (χ2v) is 6.63. The van der Waals surface area contributed by atoms with Gasteiger partial charge in [-0.2, -0.15) is 0 Å². The highest BCUT2D eigenvalue weighted by atomic mass is 16.5. The SMILES string of the molecule is CN(C)C1C=COC(C(C)(C)C)=C1C=Cc1ccccc1. The third kappa shape index (κ3) is 3.85. The molecule has 0 saturated carbocycles. The van der Waals surface area contributed by atoms with Crippen LogP contribution in [0.1, 0.15) is 26.3 Å². The number of hydrogen-bond acceptors (Lipinski definition) is 2. The number of nitrogens with zero attached hydrogens (tertiary/aromatic N) is 1. The highest BCUT2D eigenvalue weighted by Gasteiger charge is 2.28. The molecule has 1 aliphatic heterocycles. The molecular formula is C19H25NO. The summed E-state index contributed by atoms with van der Waals surface area (Å²) in [6.45, 7) is 6.56. The van der Waals surface area contributed by atoms with Gasteiger partial charge in [0.25, 0.3) is 0 Å². The molecule has 1 heterocycles. The summed E-state index contributed by atoms with van der Waals surface area (Å²) in [5, 5.41) is 0. The van der Waals surface area contributed by atoms with Crippen LogP contribution in [0.5, 0.6) is 0 Å². The second kappa shape index (κ2) is 6.31. The molecule has 2 rings (SSSR count). The van der Waals surface area contributed by atoms with Crippen LogP contribution in [-0.2, 0) is 4.74 Å². The number of hydrogen-bond donors (Lipinski definition) is 0. The largest absolute Gasteiger partial charge is 0.469 e. The molecule has 21 heavy (non-hydrogen) atoms. The fourth-order valence-electron chi connectivity index (χ4n) is 2.47. The summed E-state index contributed by atoms with van der Waals surface area (Å²) in [5.74, 6) is 1.04. The second-order valence-electron chi connectivity index (χ2n) is 6.63. The number of benzene rings is 1. The van der Waals surface area contributed by atoms with Crippen LogP contribution < -0.4 is 0 Å². The number of allylic oxidation sites excluding steroid dienone is 1. The molecule has 1 aliphatic rings. The first-order valence-corrected chi connectivity index (χ1v) is 7.37. The van der Waals surface area contributed by atoms with Crippen molar-refractivity contribution >= 4 is 6.08 Å². The summed E-state index contributed by atoms with van der Waals surface area (Å²) in [6.07, 6.45) is 8.25. The van der Waals surface area contributed by atoms with Crippen LogP contribution in [-0.4, -0.2) is 25.0 Å². The van der Waals surface area contributed by atoms with Gasteiger partial charge in [0.2, 0.25) is 0 Å². The average molecular weight is 283 g/mol. The van der Waals surface area contributed by atoms with E-state index in [0.717, 1.165) is 5.76 Å². The number of rotatable bonds is 3. The van der Waals surface area contributed by atoms with E-state index < -0.39 is 0 Å². The highest BCUT2D eigenvalue weighted by Crippen LogP contribution is 2.35. The van der Waals surface area contributed by atoms with Crippen molar-refractivity contribution in [2.24, 2.45) is 5.41 Å². The summed E-state index contributed by atoms with van der Waals surface area (Å²) in [5.41, 5.74) is 2.40. The van der Waals surface area contributed by atoms with Gasteiger partial charge in [0, 0.05) is 11.0 Å². The van der Waals surface area contributed by atoms with E-state index in [1.54, 1.807) is 0 Å². The molecule has 1 aromatic rings. The fraction of sp³-hybridized carbons (Fsp3) is 0.368. The first kappa shape index (κ1) is 15.6. The lowest BCUT2D eigenvalue weighted by atomic mass is 9.86. The van der Waals surface area contributed by atoms with Crippen LogP contribution in [0.15, 0.2) is 60.1 Å². The van der Waals surface area contributed by atoms with Gasteiger partial charge >= 0.3 is 0 Å². The third-order valence-corrected chi connectivity index (χ3v) is 3.52. The van der Waals surface area contributed by atoms with Gasteiger partial charge in [-0.05, 0) is 25.7 Å². The Bertz CT molecular complexity index is 559. The van der Waals surface area contributed by atoms with E-state index in [0.29, 0.717) is 0 Å². The van der Waals surface area contributed by atoms with E-state index in [-0.39, 0.29) is 11.5 Å². The molecule has 0 saturated heterocycles. The van der Waals surface area contributed by atoms with Crippen molar-refractivity contribution in [2.45, 2.75) is 26.8 Å². The molecule has 1 atom stereocenters. The lowest BCUT2D eigenvalue weighted by Crippen LogP contribution is -2.32. The van der Waals surface area contributed by atoms with Gasteiger partial charge in [0.05, 0.1) is 12.3 Å². The molecule has 0 N–H and O–H groups in total. The Morgan fingerprint density at radius 1 is 1.05 bits per heavy atom. The minimum Gasteiger partial charge on any atom is -0.469 e. The Morgan fingerprint density at radius 2 is 1.71 bits per heavy atom. The molecule has 112 valence electrons. The molecule has 2 heteroatoms. The molecule has 0 aliphatic carbocycles. The Balaban J connectivity index is 2.41. The molecule has 0 aromatic heterocycles. The van der Waals surface area contributed by atoms with E-state index in [4.69, 9.17) is 4.74 Å². The van der Waals surface area contributed by atoms with Crippen LogP contribution in [0.3, 0.4) is 0 Å². The zero-order valence-corrected chi connectivity index (χ0v) is 13.6. The Morgan fingerprint density at radius 3 is 2.29 bits per heavy atom. The topological polar surface area (TPSA) is 12.5 Å². The van der Waals surface area contributed by atoms with E-state index >= 15 is 0 Å². The Kier molecular flexibility index (Phi) is 4.69. The number of likely N-dealkylation sites (N-methyl/N-ethyl adjacent to an activating group) is 1. The number of ether oxygens (including phenoxy) is 1. The molecule has 2 nitrogen and oxygen atoms in total. The van der Waals surface area contributed by atoms with Crippen molar-refractivity contribution in [3.8, 4) is 0 Å². The van der Waals surface area contributed by atoms with E-state index in [1.807, 2.05) is 12.3 Å². The van der Waals surface area contributed by atoms with Crippen LogP contribution in [0.2, 0.25) is 0 Å². The van der Waals surface area contributed by atoms with Gasteiger partial charge in [0.1, 0.15) is 5.76 Å². The van der Waals surface area contributed by atoms with Crippen LogP contribution in [0.4, 0.5) is 0 Å². The van der Waals surface area contributed by atoms with Crippen LogP contribution >= 0.6 is 0 Å². The maximum Gasteiger partial charge on any atom is 0.114 e. The minimum absolute atomic E-state index is 0.0185. The summed E-state index contributed by atoms with van der Waals surface area (Å²) >= 11 is 0. The molecule has 1 aromatic carbocycles. The standard InChI is InChI=1S/C19H25NO/c1-19(2,3)18-16(17(20(4)5)13-14-21-18)12-11-15-9-7-6-8-10-15/h6-14,17H,1-5H3. The lowest BCUT2D eigenvalue weighted by molar-refractivity contribution is 0.218. The minimum atomic E-state index is -0.0185.